The zero-order valence-electron chi connectivity index (χ0n) is 11.6. The molecule has 0 aliphatic carbocycles. The van der Waals surface area contributed by atoms with Gasteiger partial charge in [-0.05, 0) is 25.1 Å². The molecule has 1 aromatic heterocycles. The molecular weight excluding hydrogens is 258 g/mol. The zero-order valence-corrected chi connectivity index (χ0v) is 11.6. The Hall–Kier alpha value is -1.82. The summed E-state index contributed by atoms with van der Waals surface area (Å²) in [5.74, 6) is 0.373. The highest BCUT2D eigenvalue weighted by atomic mass is 16.3. The lowest BCUT2D eigenvalue weighted by Gasteiger charge is -2.43. The number of furan rings is 1. The second kappa shape index (κ2) is 4.94. The number of rotatable bonds is 2. The number of likely N-dealkylation sites (N-methyl/N-ethyl adjacent to an activating group) is 1. The lowest BCUT2D eigenvalue weighted by molar-refractivity contribution is -0.128. The number of nitrogens with one attached hydrogen (secondary N) is 1. The van der Waals surface area contributed by atoms with Gasteiger partial charge < -0.3 is 14.6 Å². The lowest BCUT2D eigenvalue weighted by Crippen LogP contribution is -2.64. The fourth-order valence-corrected chi connectivity index (χ4v) is 3.21. The minimum atomic E-state index is -0.120. The van der Waals surface area contributed by atoms with Gasteiger partial charge in [0.2, 0.25) is 5.91 Å². The summed E-state index contributed by atoms with van der Waals surface area (Å²) in [6.45, 7) is 5.24. The molecule has 2 aliphatic heterocycles. The molecule has 2 aliphatic rings. The third-order valence-corrected chi connectivity index (χ3v) is 4.35. The number of nitrogens with zero attached hydrogens (tertiary/aromatic N) is 2. The Morgan fingerprint density at radius 2 is 2.40 bits per heavy atom. The maximum atomic E-state index is 12.3. The SMILES string of the molecule is CCN1CC(=O)NC[C@]12CCN(C(=O)c1ccco1)C2. The summed E-state index contributed by atoms with van der Waals surface area (Å²) in [6.07, 6.45) is 2.39. The summed E-state index contributed by atoms with van der Waals surface area (Å²) in [5.41, 5.74) is -0.120. The normalized spacial score (nSPS) is 27.1. The number of piperazine rings is 1. The molecule has 1 aromatic rings. The number of hydrogen-bond acceptors (Lipinski definition) is 4. The summed E-state index contributed by atoms with van der Waals surface area (Å²) in [6, 6.07) is 3.41. The number of amides is 2. The fraction of sp³-hybridized carbons (Fsp3) is 0.571. The van der Waals surface area contributed by atoms with Crippen molar-refractivity contribution in [3.05, 3.63) is 24.2 Å². The molecule has 0 aromatic carbocycles. The molecule has 108 valence electrons. The molecule has 1 spiro atoms. The Balaban J connectivity index is 1.75. The van der Waals surface area contributed by atoms with Gasteiger partial charge in [0.1, 0.15) is 0 Å². The van der Waals surface area contributed by atoms with Gasteiger partial charge in [-0.1, -0.05) is 6.92 Å². The summed E-state index contributed by atoms with van der Waals surface area (Å²) in [5, 5.41) is 2.93. The Kier molecular flexibility index (Phi) is 3.25. The van der Waals surface area contributed by atoms with Gasteiger partial charge in [0.25, 0.3) is 5.91 Å². The maximum Gasteiger partial charge on any atom is 0.289 e. The average molecular weight is 277 g/mol. The van der Waals surface area contributed by atoms with Crippen molar-refractivity contribution in [1.82, 2.24) is 15.1 Å². The third kappa shape index (κ3) is 2.10. The quantitative estimate of drug-likeness (QED) is 0.845. The molecule has 6 nitrogen and oxygen atoms in total. The van der Waals surface area contributed by atoms with Gasteiger partial charge >= 0.3 is 0 Å². The van der Waals surface area contributed by atoms with Crippen LogP contribution in [0.25, 0.3) is 0 Å². The van der Waals surface area contributed by atoms with E-state index in [-0.39, 0.29) is 17.4 Å². The Labute approximate surface area is 117 Å². The van der Waals surface area contributed by atoms with E-state index in [2.05, 4.69) is 17.1 Å². The van der Waals surface area contributed by atoms with E-state index in [9.17, 15) is 9.59 Å². The highest BCUT2D eigenvalue weighted by Gasteiger charge is 2.47. The van der Waals surface area contributed by atoms with Gasteiger partial charge in [0, 0.05) is 19.6 Å². The van der Waals surface area contributed by atoms with Crippen molar-refractivity contribution in [1.29, 1.82) is 0 Å². The maximum absolute atomic E-state index is 12.3. The minimum Gasteiger partial charge on any atom is -0.459 e. The molecule has 0 saturated carbocycles. The van der Waals surface area contributed by atoms with Crippen LogP contribution in [0.1, 0.15) is 23.9 Å². The van der Waals surface area contributed by atoms with E-state index in [1.807, 2.05) is 4.90 Å². The highest BCUT2D eigenvalue weighted by molar-refractivity contribution is 5.91. The van der Waals surface area contributed by atoms with Crippen LogP contribution in [0, 0.1) is 0 Å². The van der Waals surface area contributed by atoms with Crippen molar-refractivity contribution in [3.8, 4) is 0 Å². The standard InChI is InChI=1S/C14H19N3O3/c1-2-17-8-12(18)15-9-14(17)5-6-16(10-14)13(19)11-4-3-7-20-11/h3-4,7H,2,5-6,8-10H2,1H3,(H,15,18)/t14-/m0/s1. The predicted molar refractivity (Wildman–Crippen MR) is 72.2 cm³/mol. The Bertz CT molecular complexity index is 514. The van der Waals surface area contributed by atoms with Gasteiger partial charge in [0.15, 0.2) is 5.76 Å². The summed E-state index contributed by atoms with van der Waals surface area (Å²) in [4.78, 5) is 27.8. The molecule has 20 heavy (non-hydrogen) atoms. The van der Waals surface area contributed by atoms with Crippen LogP contribution in [0.15, 0.2) is 22.8 Å². The van der Waals surface area contributed by atoms with Crippen molar-refractivity contribution in [2.24, 2.45) is 0 Å². The van der Waals surface area contributed by atoms with Crippen LogP contribution in [0.2, 0.25) is 0 Å². The van der Waals surface area contributed by atoms with Gasteiger partial charge in [-0.25, -0.2) is 0 Å². The first-order chi connectivity index (χ1) is 9.64. The van der Waals surface area contributed by atoms with Crippen molar-refractivity contribution < 1.29 is 14.0 Å². The predicted octanol–water partition coefficient (Wildman–Crippen LogP) is 0.316. The highest BCUT2D eigenvalue weighted by Crippen LogP contribution is 2.30. The molecule has 6 heteroatoms. The second-order valence-electron chi connectivity index (χ2n) is 5.47. The van der Waals surface area contributed by atoms with E-state index >= 15 is 0 Å². The van der Waals surface area contributed by atoms with E-state index in [4.69, 9.17) is 4.42 Å². The molecular formula is C14H19N3O3. The molecule has 2 fully saturated rings. The summed E-state index contributed by atoms with van der Waals surface area (Å²) >= 11 is 0. The van der Waals surface area contributed by atoms with Crippen molar-refractivity contribution in [2.45, 2.75) is 18.9 Å². The largest absolute Gasteiger partial charge is 0.459 e. The lowest BCUT2D eigenvalue weighted by atomic mass is 9.93. The monoisotopic (exact) mass is 277 g/mol. The van der Waals surface area contributed by atoms with Crippen LogP contribution < -0.4 is 5.32 Å². The van der Waals surface area contributed by atoms with Crippen LogP contribution in [-0.2, 0) is 4.79 Å². The topological polar surface area (TPSA) is 65.8 Å². The number of likely N-dealkylation sites (tertiary alicyclic amines) is 1. The first-order valence-corrected chi connectivity index (χ1v) is 6.99. The Morgan fingerprint density at radius 3 is 3.10 bits per heavy atom. The van der Waals surface area contributed by atoms with Crippen molar-refractivity contribution >= 4 is 11.8 Å². The molecule has 2 saturated heterocycles. The van der Waals surface area contributed by atoms with Gasteiger partial charge in [-0.2, -0.15) is 0 Å². The average Bonchev–Trinajstić information content (AvgIpc) is 3.11. The van der Waals surface area contributed by atoms with E-state index < -0.39 is 0 Å². The molecule has 3 heterocycles. The van der Waals surface area contributed by atoms with Crippen LogP contribution in [0.4, 0.5) is 0 Å². The van der Waals surface area contributed by atoms with E-state index in [0.29, 0.717) is 31.9 Å². The van der Waals surface area contributed by atoms with Gasteiger partial charge in [0.05, 0.1) is 18.3 Å². The summed E-state index contributed by atoms with van der Waals surface area (Å²) in [7, 11) is 0. The van der Waals surface area contributed by atoms with Crippen molar-refractivity contribution in [3.63, 3.8) is 0 Å². The smallest absolute Gasteiger partial charge is 0.289 e. The number of carbonyl (C=O) groups is 2. The summed E-state index contributed by atoms with van der Waals surface area (Å²) < 4.78 is 5.18. The van der Waals surface area contributed by atoms with Gasteiger partial charge in [-0.3, -0.25) is 14.5 Å². The molecule has 3 rings (SSSR count). The van der Waals surface area contributed by atoms with Crippen LogP contribution >= 0.6 is 0 Å². The zero-order chi connectivity index (χ0) is 14.2. The molecule has 0 radical (unpaired) electrons. The minimum absolute atomic E-state index is 0.0632. The van der Waals surface area contributed by atoms with Crippen LogP contribution in [0.3, 0.4) is 0 Å². The molecule has 1 N–H and O–H groups in total. The van der Waals surface area contributed by atoms with E-state index in [1.165, 1.54) is 6.26 Å². The van der Waals surface area contributed by atoms with E-state index in [1.54, 1.807) is 12.1 Å². The van der Waals surface area contributed by atoms with Crippen LogP contribution in [0.5, 0.6) is 0 Å². The fourth-order valence-electron chi connectivity index (χ4n) is 3.21. The first-order valence-electron chi connectivity index (χ1n) is 6.99. The molecule has 1 atom stereocenters. The molecule has 0 unspecified atom stereocenters. The third-order valence-electron chi connectivity index (χ3n) is 4.35. The van der Waals surface area contributed by atoms with Crippen molar-refractivity contribution in [2.75, 3.05) is 32.7 Å². The number of hydrogen-bond donors (Lipinski definition) is 1. The van der Waals surface area contributed by atoms with Gasteiger partial charge in [-0.15, -0.1) is 0 Å². The van der Waals surface area contributed by atoms with E-state index in [0.717, 1.165) is 13.0 Å². The first kappa shape index (κ1) is 13.2. The Morgan fingerprint density at radius 1 is 1.55 bits per heavy atom. The second-order valence-corrected chi connectivity index (χ2v) is 5.47. The number of carbonyl (C=O) groups excluding carboxylic acids is 2. The molecule has 0 bridgehead atoms. The van der Waals surface area contributed by atoms with Crippen LogP contribution in [-0.4, -0.2) is 59.9 Å². The molecule has 2 amide bonds.